The van der Waals surface area contributed by atoms with E-state index >= 15 is 0 Å². The molecule has 2 rings (SSSR count). The normalized spacial score (nSPS) is 12.5. The van der Waals surface area contributed by atoms with Gasteiger partial charge in [-0.3, -0.25) is 14.9 Å². The maximum absolute atomic E-state index is 12.4. The smallest absolute Gasteiger partial charge is 0.342 e. The largest absolute Gasteiger partial charge is 0.496 e. The lowest BCUT2D eigenvalue weighted by Gasteiger charge is -2.19. The lowest BCUT2D eigenvalue weighted by molar-refractivity contribution is -0.384. The van der Waals surface area contributed by atoms with Crippen LogP contribution in [-0.2, 0) is 9.53 Å². The Hall–Kier alpha value is -3.42. The summed E-state index contributed by atoms with van der Waals surface area (Å²) in [5, 5.41) is 13.7. The molecule has 2 aromatic carbocycles. The van der Waals surface area contributed by atoms with Crippen molar-refractivity contribution in [1.82, 2.24) is 5.32 Å². The number of rotatable bonds is 9. The third-order valence-corrected chi connectivity index (χ3v) is 4.55. The average molecular weight is 400 g/mol. The minimum atomic E-state index is -1.07. The van der Waals surface area contributed by atoms with Crippen LogP contribution in [0.25, 0.3) is 0 Å². The van der Waals surface area contributed by atoms with Gasteiger partial charge in [0, 0.05) is 24.6 Å². The number of hydrogen-bond acceptors (Lipinski definition) is 6. The van der Waals surface area contributed by atoms with Gasteiger partial charge in [-0.2, -0.15) is 0 Å². The minimum Gasteiger partial charge on any atom is -0.496 e. The highest BCUT2D eigenvalue weighted by atomic mass is 16.6. The molecule has 2 aromatic rings. The molecule has 0 aliphatic rings. The first-order valence-electron chi connectivity index (χ1n) is 9.23. The predicted molar refractivity (Wildman–Crippen MR) is 107 cm³/mol. The van der Waals surface area contributed by atoms with Crippen molar-refractivity contribution in [2.45, 2.75) is 32.3 Å². The van der Waals surface area contributed by atoms with E-state index in [2.05, 4.69) is 5.32 Å². The summed E-state index contributed by atoms with van der Waals surface area (Å²) in [6.07, 6.45) is -0.233. The number of carbonyl (C=O) groups is 2. The molecular formula is C21H24N2O6. The zero-order valence-electron chi connectivity index (χ0n) is 16.6. The Morgan fingerprint density at radius 2 is 1.86 bits per heavy atom. The Bertz CT molecular complexity index is 869. The molecule has 0 heterocycles. The van der Waals surface area contributed by atoms with Crippen LogP contribution in [0.1, 0.15) is 42.1 Å². The second kappa shape index (κ2) is 10.2. The number of methoxy groups -OCH3 is 1. The van der Waals surface area contributed by atoms with Crippen LogP contribution in [0.15, 0.2) is 48.5 Å². The highest BCUT2D eigenvalue weighted by molar-refractivity contribution is 5.95. The Morgan fingerprint density at radius 3 is 2.45 bits per heavy atom. The van der Waals surface area contributed by atoms with E-state index in [0.717, 1.165) is 18.1 Å². The van der Waals surface area contributed by atoms with Crippen LogP contribution in [0.2, 0.25) is 0 Å². The summed E-state index contributed by atoms with van der Waals surface area (Å²) in [6, 6.07) is 13.4. The lowest BCUT2D eigenvalue weighted by Crippen LogP contribution is -2.38. The molecule has 0 unspecified atom stereocenters. The molecule has 0 aromatic heterocycles. The van der Waals surface area contributed by atoms with Gasteiger partial charge in [0.2, 0.25) is 0 Å². The number of esters is 1. The van der Waals surface area contributed by atoms with E-state index in [1.165, 1.54) is 26.2 Å². The van der Waals surface area contributed by atoms with Crippen molar-refractivity contribution in [2.24, 2.45) is 0 Å². The SMILES string of the molecule is CC[C@H](CNC(=O)[C@@H](C)OC(=O)c1cc([N+](=O)[O-])ccc1OC)c1ccccc1. The Labute approximate surface area is 169 Å². The number of nitrogens with zero attached hydrogens (tertiary/aromatic N) is 1. The van der Waals surface area contributed by atoms with Crippen molar-refractivity contribution in [1.29, 1.82) is 0 Å². The quantitative estimate of drug-likeness (QED) is 0.392. The van der Waals surface area contributed by atoms with E-state index < -0.39 is 22.9 Å². The highest BCUT2D eigenvalue weighted by Gasteiger charge is 2.24. The summed E-state index contributed by atoms with van der Waals surface area (Å²) in [6.45, 7) is 3.88. The van der Waals surface area contributed by atoms with E-state index in [1.807, 2.05) is 37.3 Å². The Kier molecular flexibility index (Phi) is 7.70. The molecule has 2 atom stereocenters. The van der Waals surface area contributed by atoms with E-state index in [-0.39, 0.29) is 22.9 Å². The first kappa shape index (κ1) is 21.9. The maximum atomic E-state index is 12.4. The molecule has 0 spiro atoms. The van der Waals surface area contributed by atoms with Gasteiger partial charge < -0.3 is 14.8 Å². The van der Waals surface area contributed by atoms with Crippen LogP contribution in [0, 0.1) is 10.1 Å². The second-order valence-electron chi connectivity index (χ2n) is 6.45. The number of nitro groups is 1. The molecule has 0 saturated heterocycles. The third kappa shape index (κ3) is 5.78. The summed E-state index contributed by atoms with van der Waals surface area (Å²) in [7, 11) is 1.34. The zero-order valence-corrected chi connectivity index (χ0v) is 16.6. The number of non-ortho nitro benzene ring substituents is 1. The molecule has 0 aliphatic carbocycles. The second-order valence-corrected chi connectivity index (χ2v) is 6.45. The molecular weight excluding hydrogens is 376 g/mol. The number of nitro benzene ring substituents is 1. The number of amides is 1. The zero-order chi connectivity index (χ0) is 21.4. The van der Waals surface area contributed by atoms with Crippen molar-refractivity contribution in [3.8, 4) is 5.75 Å². The van der Waals surface area contributed by atoms with Crippen molar-refractivity contribution in [2.75, 3.05) is 13.7 Å². The number of benzene rings is 2. The highest BCUT2D eigenvalue weighted by Crippen LogP contribution is 2.25. The van der Waals surface area contributed by atoms with E-state index in [1.54, 1.807) is 0 Å². The van der Waals surface area contributed by atoms with Gasteiger partial charge in [0.1, 0.15) is 11.3 Å². The van der Waals surface area contributed by atoms with Crippen LogP contribution < -0.4 is 10.1 Å². The van der Waals surface area contributed by atoms with Gasteiger partial charge in [0.25, 0.3) is 11.6 Å². The standard InChI is InChI=1S/C21H24N2O6/c1-4-15(16-8-6-5-7-9-16)13-22-20(24)14(2)29-21(25)18-12-17(23(26)27)10-11-19(18)28-3/h5-12,14-15H,4,13H2,1-3H3,(H,22,24)/t14-,15-/m1/s1. The molecule has 154 valence electrons. The van der Waals surface area contributed by atoms with Crippen LogP contribution in [0.4, 0.5) is 5.69 Å². The third-order valence-electron chi connectivity index (χ3n) is 4.55. The molecule has 1 amide bonds. The predicted octanol–water partition coefficient (Wildman–Crippen LogP) is 3.46. The Morgan fingerprint density at radius 1 is 1.17 bits per heavy atom. The van der Waals surface area contributed by atoms with Gasteiger partial charge in [-0.05, 0) is 25.0 Å². The molecule has 0 aliphatic heterocycles. The topological polar surface area (TPSA) is 108 Å². The number of nitrogens with one attached hydrogen (secondary N) is 1. The molecule has 8 heteroatoms. The molecule has 8 nitrogen and oxygen atoms in total. The van der Waals surface area contributed by atoms with E-state index in [9.17, 15) is 19.7 Å². The average Bonchev–Trinajstić information content (AvgIpc) is 2.74. The van der Waals surface area contributed by atoms with Crippen molar-refractivity contribution in [3.63, 3.8) is 0 Å². The first-order valence-corrected chi connectivity index (χ1v) is 9.23. The molecule has 29 heavy (non-hydrogen) atoms. The number of ether oxygens (including phenoxy) is 2. The van der Waals surface area contributed by atoms with Gasteiger partial charge in [0.05, 0.1) is 12.0 Å². The van der Waals surface area contributed by atoms with E-state index in [0.29, 0.717) is 6.54 Å². The van der Waals surface area contributed by atoms with E-state index in [4.69, 9.17) is 9.47 Å². The van der Waals surface area contributed by atoms with Crippen molar-refractivity contribution < 1.29 is 24.0 Å². The fourth-order valence-electron chi connectivity index (χ4n) is 2.84. The monoisotopic (exact) mass is 400 g/mol. The molecule has 0 bridgehead atoms. The maximum Gasteiger partial charge on any atom is 0.342 e. The Balaban J connectivity index is 2.01. The summed E-state index contributed by atoms with van der Waals surface area (Å²) >= 11 is 0. The fourth-order valence-corrected chi connectivity index (χ4v) is 2.84. The van der Waals surface area contributed by atoms with Gasteiger partial charge >= 0.3 is 5.97 Å². The summed E-state index contributed by atoms with van der Waals surface area (Å²) < 4.78 is 10.3. The van der Waals surface area contributed by atoms with Gasteiger partial charge in [-0.15, -0.1) is 0 Å². The van der Waals surface area contributed by atoms with Crippen LogP contribution in [-0.4, -0.2) is 36.6 Å². The fraction of sp³-hybridized carbons (Fsp3) is 0.333. The van der Waals surface area contributed by atoms with Crippen LogP contribution >= 0.6 is 0 Å². The van der Waals surface area contributed by atoms with Crippen LogP contribution in [0.5, 0.6) is 5.75 Å². The number of carbonyl (C=O) groups excluding carboxylic acids is 2. The summed E-state index contributed by atoms with van der Waals surface area (Å²) in [5.41, 5.74) is 0.724. The number of hydrogen-bond donors (Lipinski definition) is 1. The first-order chi connectivity index (χ1) is 13.9. The molecule has 0 fully saturated rings. The molecule has 0 saturated carbocycles. The summed E-state index contributed by atoms with van der Waals surface area (Å²) in [4.78, 5) is 35.1. The van der Waals surface area contributed by atoms with Crippen molar-refractivity contribution >= 4 is 17.6 Å². The minimum absolute atomic E-state index is 0.114. The van der Waals surface area contributed by atoms with Gasteiger partial charge in [-0.1, -0.05) is 37.3 Å². The van der Waals surface area contributed by atoms with Crippen molar-refractivity contribution in [3.05, 3.63) is 69.8 Å². The van der Waals surface area contributed by atoms with Gasteiger partial charge in [-0.25, -0.2) is 4.79 Å². The lowest BCUT2D eigenvalue weighted by atomic mass is 9.96. The summed E-state index contributed by atoms with van der Waals surface area (Å²) in [5.74, 6) is -1.05. The van der Waals surface area contributed by atoms with Gasteiger partial charge in [0.15, 0.2) is 6.10 Å². The molecule has 1 N–H and O–H groups in total. The molecule has 0 radical (unpaired) electrons. The van der Waals surface area contributed by atoms with Crippen LogP contribution in [0.3, 0.4) is 0 Å².